The Labute approximate surface area is 170 Å². The molecule has 1 aromatic heterocycles. The minimum Gasteiger partial charge on any atom is -0.355 e. The molecule has 1 N–H and O–H groups in total. The van der Waals surface area contributed by atoms with E-state index < -0.39 is 0 Å². The Hall–Kier alpha value is -1.82. The molecule has 4 aliphatic rings. The molecule has 4 fully saturated rings. The molecule has 0 unspecified atom stereocenters. The molecule has 6 rings (SSSR count). The lowest BCUT2D eigenvalue weighted by molar-refractivity contribution is -0.120. The first-order valence-electron chi connectivity index (χ1n) is 10.5. The second-order valence-corrected chi connectivity index (χ2v) is 10.2. The summed E-state index contributed by atoms with van der Waals surface area (Å²) < 4.78 is 1.94. The molecule has 0 radical (unpaired) electrons. The molecule has 148 valence electrons. The molecular weight excluding hydrogens is 368 g/mol. The first-order valence-corrected chi connectivity index (χ1v) is 11.4. The van der Waals surface area contributed by atoms with Gasteiger partial charge in [-0.2, -0.15) is 0 Å². The van der Waals surface area contributed by atoms with Crippen molar-refractivity contribution in [3.63, 3.8) is 0 Å². The average Bonchev–Trinajstić information content (AvgIpc) is 3.13. The van der Waals surface area contributed by atoms with E-state index in [0.717, 1.165) is 35.1 Å². The van der Waals surface area contributed by atoms with Crippen molar-refractivity contribution >= 4 is 17.7 Å². The van der Waals surface area contributed by atoms with Crippen molar-refractivity contribution < 1.29 is 4.79 Å². The lowest BCUT2D eigenvalue weighted by atomic mass is 9.49. The number of hydrogen-bond donors (Lipinski definition) is 1. The zero-order valence-electron chi connectivity index (χ0n) is 16.4. The van der Waals surface area contributed by atoms with Crippen LogP contribution in [-0.4, -0.2) is 33.0 Å². The Bertz CT molecular complexity index is 824. The largest absolute Gasteiger partial charge is 0.355 e. The zero-order chi connectivity index (χ0) is 19.1. The van der Waals surface area contributed by atoms with E-state index in [1.807, 2.05) is 4.57 Å². The number of hydrogen-bond acceptors (Lipinski definition) is 4. The fraction of sp³-hybridized carbons (Fsp3) is 0.591. The van der Waals surface area contributed by atoms with Crippen LogP contribution in [0.15, 0.2) is 35.7 Å². The van der Waals surface area contributed by atoms with Gasteiger partial charge >= 0.3 is 0 Å². The lowest BCUT2D eigenvalue weighted by Gasteiger charge is -2.56. The number of amides is 1. The molecule has 0 atom stereocenters. The molecule has 1 heterocycles. The number of benzene rings is 1. The predicted octanol–water partition coefficient (Wildman–Crippen LogP) is 4.00. The summed E-state index contributed by atoms with van der Waals surface area (Å²) in [5.74, 6) is 3.26. The average molecular weight is 397 g/mol. The third-order valence-electron chi connectivity index (χ3n) is 6.99. The number of thioether (sulfide) groups is 1. The summed E-state index contributed by atoms with van der Waals surface area (Å²) >= 11 is 1.46. The fourth-order valence-electron chi connectivity index (χ4n) is 6.18. The minimum atomic E-state index is 0.110. The third kappa shape index (κ3) is 3.59. The van der Waals surface area contributed by atoms with Gasteiger partial charge in [0, 0.05) is 12.2 Å². The van der Waals surface area contributed by atoms with Crippen LogP contribution in [0.2, 0.25) is 0 Å². The monoisotopic (exact) mass is 396 g/mol. The molecule has 6 heteroatoms. The van der Waals surface area contributed by atoms with Gasteiger partial charge in [-0.1, -0.05) is 29.5 Å². The smallest absolute Gasteiger partial charge is 0.230 e. The van der Waals surface area contributed by atoms with Crippen molar-refractivity contribution in [2.24, 2.45) is 23.2 Å². The minimum absolute atomic E-state index is 0.110. The quantitative estimate of drug-likeness (QED) is 0.750. The lowest BCUT2D eigenvalue weighted by Crippen LogP contribution is -2.51. The molecule has 4 saturated carbocycles. The van der Waals surface area contributed by atoms with Crippen LogP contribution in [0.4, 0.5) is 0 Å². The summed E-state index contributed by atoms with van der Waals surface area (Å²) in [4.78, 5) is 12.5. The standard InChI is InChI=1S/C22H28N4OS/c1-15-2-4-19(5-3-15)26-14-24-25-21(26)28-12-20(27)23-13-22-9-16-6-17(10-22)8-18(7-16)11-22/h2-5,14,16-18H,6-13H2,1H3,(H,23,27). The van der Waals surface area contributed by atoms with E-state index in [2.05, 4.69) is 46.7 Å². The number of nitrogens with one attached hydrogen (secondary N) is 1. The predicted molar refractivity (Wildman–Crippen MR) is 110 cm³/mol. The molecule has 2 aromatic rings. The van der Waals surface area contributed by atoms with Gasteiger partial charge in [0.25, 0.3) is 0 Å². The molecule has 0 spiro atoms. The summed E-state index contributed by atoms with van der Waals surface area (Å²) in [6.45, 7) is 2.93. The van der Waals surface area contributed by atoms with Crippen LogP contribution in [0.1, 0.15) is 44.1 Å². The van der Waals surface area contributed by atoms with Crippen LogP contribution in [-0.2, 0) is 4.79 Å². The molecule has 0 saturated heterocycles. The molecule has 4 bridgehead atoms. The van der Waals surface area contributed by atoms with E-state index in [0.29, 0.717) is 11.2 Å². The molecule has 1 aromatic carbocycles. The molecular formula is C22H28N4OS. The van der Waals surface area contributed by atoms with Crippen LogP contribution < -0.4 is 5.32 Å². The number of carbonyl (C=O) groups excluding carboxylic acids is 1. The van der Waals surface area contributed by atoms with Gasteiger partial charge in [-0.3, -0.25) is 9.36 Å². The van der Waals surface area contributed by atoms with Gasteiger partial charge < -0.3 is 5.32 Å². The van der Waals surface area contributed by atoms with Gasteiger partial charge in [0.1, 0.15) is 6.33 Å². The van der Waals surface area contributed by atoms with Crippen LogP contribution in [0.5, 0.6) is 0 Å². The van der Waals surface area contributed by atoms with Gasteiger partial charge in [0.05, 0.1) is 5.75 Å². The maximum absolute atomic E-state index is 12.5. The van der Waals surface area contributed by atoms with Crippen LogP contribution in [0.25, 0.3) is 5.69 Å². The van der Waals surface area contributed by atoms with E-state index in [1.54, 1.807) is 6.33 Å². The number of aromatic nitrogens is 3. The molecule has 4 aliphatic carbocycles. The number of rotatable bonds is 6. The molecule has 5 nitrogen and oxygen atoms in total. The van der Waals surface area contributed by atoms with E-state index in [1.165, 1.54) is 55.9 Å². The summed E-state index contributed by atoms with van der Waals surface area (Å²) in [5.41, 5.74) is 2.62. The number of carbonyl (C=O) groups is 1. The van der Waals surface area contributed by atoms with Crippen LogP contribution in [0, 0.1) is 30.1 Å². The molecule has 1 amide bonds. The second-order valence-electron chi connectivity index (χ2n) is 9.30. The highest BCUT2D eigenvalue weighted by Gasteiger charge is 2.50. The Balaban J connectivity index is 1.17. The normalized spacial score (nSPS) is 30.5. The summed E-state index contributed by atoms with van der Waals surface area (Å²) in [6.07, 6.45) is 10.0. The summed E-state index contributed by atoms with van der Waals surface area (Å²) in [5, 5.41) is 12.2. The first kappa shape index (κ1) is 18.2. The van der Waals surface area contributed by atoms with Crippen molar-refractivity contribution in [1.29, 1.82) is 0 Å². The third-order valence-corrected chi connectivity index (χ3v) is 7.93. The zero-order valence-corrected chi connectivity index (χ0v) is 17.3. The van der Waals surface area contributed by atoms with E-state index in [4.69, 9.17) is 0 Å². The van der Waals surface area contributed by atoms with Gasteiger partial charge in [-0.25, -0.2) is 0 Å². The maximum Gasteiger partial charge on any atom is 0.230 e. The fourth-order valence-corrected chi connectivity index (χ4v) is 6.94. The van der Waals surface area contributed by atoms with E-state index in [9.17, 15) is 4.79 Å². The van der Waals surface area contributed by atoms with Crippen molar-refractivity contribution in [2.75, 3.05) is 12.3 Å². The SMILES string of the molecule is Cc1ccc(-n2cnnc2SCC(=O)NCC23CC4CC(CC(C4)C2)C3)cc1. The maximum atomic E-state index is 12.5. The second kappa shape index (κ2) is 7.21. The Morgan fingerprint density at radius 2 is 1.79 bits per heavy atom. The van der Waals surface area contributed by atoms with Gasteiger partial charge in [0.15, 0.2) is 5.16 Å². The Kier molecular flexibility index (Phi) is 4.69. The molecule has 28 heavy (non-hydrogen) atoms. The van der Waals surface area contributed by atoms with Crippen LogP contribution in [0.3, 0.4) is 0 Å². The number of aryl methyl sites for hydroxylation is 1. The van der Waals surface area contributed by atoms with Crippen molar-refractivity contribution in [1.82, 2.24) is 20.1 Å². The Morgan fingerprint density at radius 3 is 2.43 bits per heavy atom. The Morgan fingerprint density at radius 1 is 1.14 bits per heavy atom. The van der Waals surface area contributed by atoms with Crippen molar-refractivity contribution in [2.45, 2.75) is 50.6 Å². The van der Waals surface area contributed by atoms with Crippen LogP contribution >= 0.6 is 11.8 Å². The topological polar surface area (TPSA) is 59.8 Å². The highest BCUT2D eigenvalue weighted by Crippen LogP contribution is 2.59. The van der Waals surface area contributed by atoms with Crippen molar-refractivity contribution in [3.8, 4) is 5.69 Å². The van der Waals surface area contributed by atoms with Gasteiger partial charge in [-0.05, 0) is 80.8 Å². The van der Waals surface area contributed by atoms with E-state index >= 15 is 0 Å². The van der Waals surface area contributed by atoms with Gasteiger partial charge in [-0.15, -0.1) is 10.2 Å². The molecule has 0 aliphatic heterocycles. The summed E-state index contributed by atoms with van der Waals surface area (Å²) in [6, 6.07) is 8.25. The van der Waals surface area contributed by atoms with Gasteiger partial charge in [0.2, 0.25) is 5.91 Å². The highest BCUT2D eigenvalue weighted by molar-refractivity contribution is 7.99. The summed E-state index contributed by atoms with van der Waals surface area (Å²) in [7, 11) is 0. The van der Waals surface area contributed by atoms with E-state index in [-0.39, 0.29) is 5.91 Å². The highest BCUT2D eigenvalue weighted by atomic mass is 32.2. The van der Waals surface area contributed by atoms with Crippen molar-refractivity contribution in [3.05, 3.63) is 36.2 Å². The first-order chi connectivity index (χ1) is 13.6. The number of nitrogens with zero attached hydrogens (tertiary/aromatic N) is 3.